The molecule has 1 heterocycles. The van der Waals surface area contributed by atoms with Crippen molar-refractivity contribution >= 4 is 0 Å². The lowest BCUT2D eigenvalue weighted by molar-refractivity contribution is -0.153. The van der Waals surface area contributed by atoms with E-state index in [1.54, 1.807) is 13.0 Å². The fraction of sp³-hybridized carbons (Fsp3) is 0.200. The van der Waals surface area contributed by atoms with Gasteiger partial charge in [-0.15, -0.1) is 0 Å². The van der Waals surface area contributed by atoms with E-state index in [1.807, 2.05) is 6.07 Å². The van der Waals surface area contributed by atoms with Crippen molar-refractivity contribution in [3.8, 4) is 22.9 Å². The quantitative estimate of drug-likeness (QED) is 0.947. The summed E-state index contributed by atoms with van der Waals surface area (Å²) in [6.45, 7) is 0.298. The molecule has 0 aliphatic heterocycles. The standard InChI is InChI=1S/C15H11F3N2O2/c1-9-6-12(13(7-19)14(21)20-9)10-2-4-11(5-3-10)22-8-15(16,17)18/h2-6H,8H2,1H3,(H,20,21). The first-order valence-electron chi connectivity index (χ1n) is 6.24. The summed E-state index contributed by atoms with van der Waals surface area (Å²) < 4.78 is 40.8. The second kappa shape index (κ2) is 5.93. The topological polar surface area (TPSA) is 65.9 Å². The summed E-state index contributed by atoms with van der Waals surface area (Å²) in [6.07, 6.45) is -4.41. The molecule has 1 aromatic heterocycles. The number of ether oxygens (including phenoxy) is 1. The van der Waals surface area contributed by atoms with Crippen LogP contribution in [0.3, 0.4) is 0 Å². The minimum absolute atomic E-state index is 0.0467. The third kappa shape index (κ3) is 3.67. The van der Waals surface area contributed by atoms with Crippen LogP contribution in [-0.2, 0) is 0 Å². The highest BCUT2D eigenvalue weighted by Gasteiger charge is 2.28. The Labute approximate surface area is 123 Å². The van der Waals surface area contributed by atoms with Crippen molar-refractivity contribution in [2.75, 3.05) is 6.61 Å². The molecule has 1 aromatic carbocycles. The van der Waals surface area contributed by atoms with Gasteiger partial charge in [-0.2, -0.15) is 18.4 Å². The number of halogens is 3. The minimum Gasteiger partial charge on any atom is -0.484 e. The third-order valence-electron chi connectivity index (χ3n) is 2.85. The van der Waals surface area contributed by atoms with Gasteiger partial charge in [0.1, 0.15) is 17.4 Å². The van der Waals surface area contributed by atoms with Gasteiger partial charge in [0.25, 0.3) is 5.56 Å². The maximum atomic E-state index is 12.1. The summed E-state index contributed by atoms with van der Waals surface area (Å²) in [4.78, 5) is 14.2. The second-order valence-corrected chi connectivity index (χ2v) is 4.61. The van der Waals surface area contributed by atoms with Gasteiger partial charge in [0.2, 0.25) is 0 Å². The van der Waals surface area contributed by atoms with Gasteiger partial charge in [-0.3, -0.25) is 4.79 Å². The Morgan fingerprint density at radius 1 is 1.27 bits per heavy atom. The van der Waals surface area contributed by atoms with Gasteiger partial charge in [0.15, 0.2) is 6.61 Å². The zero-order chi connectivity index (χ0) is 16.3. The molecule has 2 aromatic rings. The van der Waals surface area contributed by atoms with Crippen LogP contribution in [0.25, 0.3) is 11.1 Å². The largest absolute Gasteiger partial charge is 0.484 e. The molecule has 0 atom stereocenters. The smallest absolute Gasteiger partial charge is 0.422 e. The lowest BCUT2D eigenvalue weighted by Gasteiger charge is -2.10. The highest BCUT2D eigenvalue weighted by molar-refractivity contribution is 5.70. The van der Waals surface area contributed by atoms with E-state index in [2.05, 4.69) is 9.72 Å². The Bertz CT molecular complexity index is 771. The molecule has 0 amide bonds. The number of hydrogen-bond donors (Lipinski definition) is 1. The molecule has 2 rings (SSSR count). The monoisotopic (exact) mass is 308 g/mol. The first-order valence-corrected chi connectivity index (χ1v) is 6.24. The van der Waals surface area contributed by atoms with Crippen molar-refractivity contribution in [1.82, 2.24) is 4.98 Å². The SMILES string of the molecule is Cc1cc(-c2ccc(OCC(F)(F)F)cc2)c(C#N)c(=O)[nH]1. The lowest BCUT2D eigenvalue weighted by atomic mass is 10.0. The number of hydrogen-bond acceptors (Lipinski definition) is 3. The van der Waals surface area contributed by atoms with Crippen LogP contribution in [0.15, 0.2) is 35.1 Å². The number of aryl methyl sites for hydroxylation is 1. The van der Waals surface area contributed by atoms with Crippen LogP contribution in [0.4, 0.5) is 13.2 Å². The van der Waals surface area contributed by atoms with Crippen LogP contribution >= 0.6 is 0 Å². The molecule has 114 valence electrons. The molecule has 1 N–H and O–H groups in total. The summed E-state index contributed by atoms with van der Waals surface area (Å²) in [5, 5.41) is 9.06. The molecule has 22 heavy (non-hydrogen) atoms. The Hall–Kier alpha value is -2.75. The van der Waals surface area contributed by atoms with Gasteiger partial charge in [0.05, 0.1) is 0 Å². The number of rotatable bonds is 3. The molecule has 0 radical (unpaired) electrons. The van der Waals surface area contributed by atoms with Gasteiger partial charge in [-0.25, -0.2) is 0 Å². The van der Waals surface area contributed by atoms with Gasteiger partial charge in [-0.1, -0.05) is 12.1 Å². The highest BCUT2D eigenvalue weighted by atomic mass is 19.4. The number of alkyl halides is 3. The average molecular weight is 308 g/mol. The van der Waals surface area contributed by atoms with Gasteiger partial charge >= 0.3 is 6.18 Å². The van der Waals surface area contributed by atoms with Crippen LogP contribution in [0.5, 0.6) is 5.75 Å². The van der Waals surface area contributed by atoms with E-state index in [-0.39, 0.29) is 11.3 Å². The summed E-state index contributed by atoms with van der Waals surface area (Å²) in [5.74, 6) is 0.0566. The Balaban J connectivity index is 2.32. The van der Waals surface area contributed by atoms with Crippen molar-refractivity contribution in [1.29, 1.82) is 5.26 Å². The number of aromatic amines is 1. The zero-order valence-corrected chi connectivity index (χ0v) is 11.5. The summed E-state index contributed by atoms with van der Waals surface area (Å²) in [5.41, 5.74) is 0.997. The summed E-state index contributed by atoms with van der Waals surface area (Å²) in [6, 6.07) is 9.18. The van der Waals surface area contributed by atoms with Crippen molar-refractivity contribution in [3.05, 3.63) is 51.9 Å². The molecule has 0 unspecified atom stereocenters. The summed E-state index contributed by atoms with van der Waals surface area (Å²) in [7, 11) is 0. The second-order valence-electron chi connectivity index (χ2n) is 4.61. The van der Waals surface area contributed by atoms with E-state index in [9.17, 15) is 18.0 Å². The summed E-state index contributed by atoms with van der Waals surface area (Å²) >= 11 is 0. The number of aromatic nitrogens is 1. The molecule has 0 aliphatic rings. The molecule has 7 heteroatoms. The number of nitriles is 1. The molecule has 0 aliphatic carbocycles. The number of nitrogens with one attached hydrogen (secondary N) is 1. The van der Waals surface area contributed by atoms with Crippen molar-refractivity contribution < 1.29 is 17.9 Å². The number of benzene rings is 1. The molecule has 0 saturated heterocycles. The maximum absolute atomic E-state index is 12.1. The van der Waals surface area contributed by atoms with Crippen LogP contribution in [0, 0.1) is 18.3 Å². The molecule has 0 fully saturated rings. The Kier molecular flexibility index (Phi) is 4.22. The Morgan fingerprint density at radius 3 is 2.45 bits per heavy atom. The molecule has 4 nitrogen and oxygen atoms in total. The fourth-order valence-electron chi connectivity index (χ4n) is 1.92. The van der Waals surface area contributed by atoms with E-state index in [4.69, 9.17) is 5.26 Å². The van der Waals surface area contributed by atoms with E-state index >= 15 is 0 Å². The van der Waals surface area contributed by atoms with E-state index in [0.717, 1.165) is 0 Å². The number of pyridine rings is 1. The van der Waals surface area contributed by atoms with Crippen LogP contribution in [0.2, 0.25) is 0 Å². The highest BCUT2D eigenvalue weighted by Crippen LogP contribution is 2.25. The van der Waals surface area contributed by atoms with Crippen molar-refractivity contribution in [2.24, 2.45) is 0 Å². The van der Waals surface area contributed by atoms with E-state index in [1.165, 1.54) is 24.3 Å². The normalized spacial score (nSPS) is 11.0. The molecular weight excluding hydrogens is 297 g/mol. The lowest BCUT2D eigenvalue weighted by Crippen LogP contribution is -2.19. The van der Waals surface area contributed by atoms with Crippen molar-refractivity contribution in [2.45, 2.75) is 13.1 Å². The molecular formula is C15H11F3N2O2. The van der Waals surface area contributed by atoms with E-state index in [0.29, 0.717) is 16.8 Å². The fourth-order valence-corrected chi connectivity index (χ4v) is 1.92. The van der Waals surface area contributed by atoms with Crippen LogP contribution in [-0.4, -0.2) is 17.8 Å². The minimum atomic E-state index is -4.41. The Morgan fingerprint density at radius 2 is 1.91 bits per heavy atom. The zero-order valence-electron chi connectivity index (χ0n) is 11.5. The molecule has 0 bridgehead atoms. The van der Waals surface area contributed by atoms with Crippen LogP contribution in [0.1, 0.15) is 11.3 Å². The van der Waals surface area contributed by atoms with Gasteiger partial charge in [-0.05, 0) is 30.7 Å². The third-order valence-corrected chi connectivity index (χ3v) is 2.85. The van der Waals surface area contributed by atoms with Crippen LogP contribution < -0.4 is 10.3 Å². The first-order chi connectivity index (χ1) is 10.3. The molecule has 0 saturated carbocycles. The number of H-pyrrole nitrogens is 1. The predicted molar refractivity (Wildman–Crippen MR) is 73.5 cm³/mol. The average Bonchev–Trinajstić information content (AvgIpc) is 2.44. The predicted octanol–water partition coefficient (Wildman–Crippen LogP) is 3.16. The molecule has 0 spiro atoms. The van der Waals surface area contributed by atoms with Gasteiger partial charge < -0.3 is 9.72 Å². The maximum Gasteiger partial charge on any atom is 0.422 e. The van der Waals surface area contributed by atoms with Gasteiger partial charge in [0, 0.05) is 11.3 Å². The van der Waals surface area contributed by atoms with E-state index < -0.39 is 18.3 Å². The van der Waals surface area contributed by atoms with Crippen molar-refractivity contribution in [3.63, 3.8) is 0 Å². The first kappa shape index (κ1) is 15.6. The number of nitrogens with zero attached hydrogens (tertiary/aromatic N) is 1.